The van der Waals surface area contributed by atoms with Gasteiger partial charge in [-0.15, -0.1) is 12.1 Å². The Hall–Kier alpha value is 1.94. The molecule has 4 heteroatoms. The molecule has 1 aromatic rings. The van der Waals surface area contributed by atoms with Gasteiger partial charge in [0.05, 0.1) is 0 Å². The van der Waals surface area contributed by atoms with E-state index in [9.17, 15) is 4.79 Å². The van der Waals surface area contributed by atoms with Gasteiger partial charge in [0.25, 0.3) is 0 Å². The largest absolute Gasteiger partial charge is 0.334 e. The molecule has 3 radical (unpaired) electrons. The normalized spacial score (nSPS) is 8.85. The maximum Gasteiger partial charge on any atom is 0 e. The molecular weight excluding hydrogens is 475 g/mol. The molecule has 0 heterocycles. The first-order valence-corrected chi connectivity index (χ1v) is 6.03. The number of rotatable bonds is 6. The topological polar surface area (TPSA) is 17.1 Å². The van der Waals surface area contributed by atoms with E-state index in [1.807, 2.05) is 25.1 Å². The van der Waals surface area contributed by atoms with Crippen LogP contribution in [0, 0.1) is 17.8 Å². The van der Waals surface area contributed by atoms with Crippen molar-refractivity contribution in [2.75, 3.05) is 0 Å². The van der Waals surface area contributed by atoms with Crippen molar-refractivity contribution in [2.45, 2.75) is 40.5 Å². The zero-order valence-corrected chi connectivity index (χ0v) is 21.5. The van der Waals surface area contributed by atoms with Crippen LogP contribution in [0.25, 0.3) is 0 Å². The van der Waals surface area contributed by atoms with E-state index in [0.29, 0.717) is 0 Å². The fourth-order valence-electron chi connectivity index (χ4n) is 1.81. The number of benzene rings is 1. The summed E-state index contributed by atoms with van der Waals surface area (Å²) in [6.07, 6.45) is 1.75. The molecule has 103 valence electrons. The molecule has 1 nitrogen and oxygen atoms in total. The standard InChI is InChI=1S/C16H21O.3Y/c1-12(2)10-16(11-13(3)14(4)17)15-8-6-5-7-9-15;;;/h5-9H,10-11H2,1-4H3;;;/q-3;;;. The summed E-state index contributed by atoms with van der Waals surface area (Å²) in [6, 6.07) is 10.3. The third-order valence-corrected chi connectivity index (χ3v) is 2.83. The summed E-state index contributed by atoms with van der Waals surface area (Å²) < 4.78 is 0. The van der Waals surface area contributed by atoms with Crippen molar-refractivity contribution in [1.29, 1.82) is 0 Å². The molecular formula is C16H21OY3-3. The number of carbonyl (C=O) groups excluding carboxylic acids is 1. The van der Waals surface area contributed by atoms with Crippen molar-refractivity contribution in [3.63, 3.8) is 0 Å². The van der Waals surface area contributed by atoms with Crippen molar-refractivity contribution >= 4 is 5.78 Å². The van der Waals surface area contributed by atoms with E-state index < -0.39 is 0 Å². The van der Waals surface area contributed by atoms with Gasteiger partial charge in [-0.25, -0.2) is 12.3 Å². The minimum atomic E-state index is 0. The van der Waals surface area contributed by atoms with E-state index in [4.69, 9.17) is 0 Å². The summed E-state index contributed by atoms with van der Waals surface area (Å²) >= 11 is 0. The second-order valence-corrected chi connectivity index (χ2v) is 4.87. The number of ketones is 1. The van der Waals surface area contributed by atoms with Gasteiger partial charge < -0.3 is 16.6 Å². The molecule has 0 aromatic heterocycles. The smallest absolute Gasteiger partial charge is 0 e. The van der Waals surface area contributed by atoms with E-state index in [1.54, 1.807) is 6.92 Å². The molecule has 0 amide bonds. The average molecular weight is 496 g/mol. The molecule has 0 unspecified atom stereocenters. The van der Waals surface area contributed by atoms with Gasteiger partial charge in [0, 0.05) is 98.1 Å². The molecule has 0 spiro atoms. The number of hydrogen-bond acceptors (Lipinski definition) is 1. The van der Waals surface area contributed by atoms with Gasteiger partial charge in [0.2, 0.25) is 0 Å². The van der Waals surface area contributed by atoms with Crippen molar-refractivity contribution in [3.05, 3.63) is 53.6 Å². The number of carbonyl (C=O) groups is 1. The minimum Gasteiger partial charge on any atom is -0.334 e. The van der Waals surface area contributed by atoms with Crippen molar-refractivity contribution in [1.82, 2.24) is 0 Å². The van der Waals surface area contributed by atoms with Crippen molar-refractivity contribution in [3.8, 4) is 0 Å². The first-order chi connectivity index (χ1) is 8.00. The molecule has 20 heavy (non-hydrogen) atoms. The Morgan fingerprint density at radius 2 is 1.45 bits per heavy atom. The van der Waals surface area contributed by atoms with Crippen LogP contribution in [0.1, 0.15) is 46.1 Å². The van der Waals surface area contributed by atoms with Crippen LogP contribution in [0.4, 0.5) is 0 Å². The Balaban J connectivity index is -0.000000963. The predicted octanol–water partition coefficient (Wildman–Crippen LogP) is 4.18. The number of Topliss-reactive ketones (excluding diaryl/α,β-unsaturated/α-hetero) is 1. The Labute approximate surface area is 199 Å². The van der Waals surface area contributed by atoms with E-state index in [1.165, 1.54) is 17.4 Å². The summed E-state index contributed by atoms with van der Waals surface area (Å²) in [6.45, 7) is 7.83. The summed E-state index contributed by atoms with van der Waals surface area (Å²) in [4.78, 5) is 11.3. The van der Waals surface area contributed by atoms with Gasteiger partial charge >= 0.3 is 0 Å². The second kappa shape index (κ2) is 14.5. The number of hydrogen-bond donors (Lipinski definition) is 0. The van der Waals surface area contributed by atoms with Crippen molar-refractivity contribution < 1.29 is 103 Å². The third kappa shape index (κ3) is 10.6. The molecule has 0 aliphatic rings. The molecule has 0 aliphatic heterocycles. The Kier molecular flexibility index (Phi) is 19.5. The van der Waals surface area contributed by atoms with Gasteiger partial charge in [-0.2, -0.15) is 44.9 Å². The molecule has 0 saturated carbocycles. The zero-order chi connectivity index (χ0) is 12.8. The molecule has 0 fully saturated rings. The molecule has 0 saturated heterocycles. The van der Waals surface area contributed by atoms with Crippen molar-refractivity contribution in [2.24, 2.45) is 0 Å². The summed E-state index contributed by atoms with van der Waals surface area (Å²) in [5.41, 5.74) is 1.24. The first-order valence-electron chi connectivity index (χ1n) is 6.03. The predicted molar refractivity (Wildman–Crippen MR) is 72.2 cm³/mol. The third-order valence-electron chi connectivity index (χ3n) is 2.83. The Bertz CT molecular complexity index is 352. The van der Waals surface area contributed by atoms with Crippen LogP contribution in [0.2, 0.25) is 0 Å². The molecule has 1 aromatic carbocycles. The van der Waals surface area contributed by atoms with E-state index in [2.05, 4.69) is 26.0 Å². The molecule has 0 bridgehead atoms. The van der Waals surface area contributed by atoms with Crippen LogP contribution in [-0.4, -0.2) is 5.78 Å². The molecule has 0 atom stereocenters. The van der Waals surface area contributed by atoms with Crippen LogP contribution in [0.15, 0.2) is 30.3 Å². The van der Waals surface area contributed by atoms with Gasteiger partial charge in [0.1, 0.15) is 0 Å². The summed E-state index contributed by atoms with van der Waals surface area (Å²) in [5.74, 6) is 3.83. The fourth-order valence-corrected chi connectivity index (χ4v) is 1.81. The maximum atomic E-state index is 11.3. The van der Waals surface area contributed by atoms with Crippen LogP contribution in [0.5, 0.6) is 0 Å². The Morgan fingerprint density at radius 1 is 0.950 bits per heavy atom. The molecule has 0 N–H and O–H groups in total. The van der Waals surface area contributed by atoms with Crippen LogP contribution < -0.4 is 0 Å². The van der Waals surface area contributed by atoms with E-state index in [0.717, 1.165) is 18.8 Å². The second-order valence-electron chi connectivity index (χ2n) is 4.87. The summed E-state index contributed by atoms with van der Waals surface area (Å²) in [5, 5.41) is 0. The Morgan fingerprint density at radius 3 is 1.85 bits per heavy atom. The van der Waals surface area contributed by atoms with Gasteiger partial charge in [-0.05, 0) is 12.7 Å². The van der Waals surface area contributed by atoms with Crippen LogP contribution >= 0.6 is 0 Å². The van der Waals surface area contributed by atoms with Crippen LogP contribution in [-0.2, 0) is 103 Å². The average Bonchev–Trinajstić information content (AvgIpc) is 2.28. The minimum absolute atomic E-state index is 0. The van der Waals surface area contributed by atoms with Gasteiger partial charge in [-0.3, -0.25) is 0 Å². The SMILES string of the molecule is CC(=O)[C-](C)C[C-](C[C-](C)C)c1ccccc1.[Y].[Y].[Y]. The molecule has 0 aliphatic carbocycles. The quantitative estimate of drug-likeness (QED) is 0.541. The maximum absolute atomic E-state index is 11.3. The van der Waals surface area contributed by atoms with E-state index >= 15 is 0 Å². The van der Waals surface area contributed by atoms with Gasteiger partial charge in [0.15, 0.2) is 0 Å². The monoisotopic (exact) mass is 496 g/mol. The first kappa shape index (κ1) is 26.8. The summed E-state index contributed by atoms with van der Waals surface area (Å²) in [7, 11) is 0. The van der Waals surface area contributed by atoms with Gasteiger partial charge in [-0.1, -0.05) is 6.07 Å². The molecule has 1 rings (SSSR count). The zero-order valence-electron chi connectivity index (χ0n) is 12.9. The van der Waals surface area contributed by atoms with E-state index in [-0.39, 0.29) is 104 Å². The fraction of sp³-hybridized carbons (Fsp3) is 0.375. The van der Waals surface area contributed by atoms with Crippen LogP contribution in [0.3, 0.4) is 0 Å².